The summed E-state index contributed by atoms with van der Waals surface area (Å²) in [6.45, 7) is 0.379. The summed E-state index contributed by atoms with van der Waals surface area (Å²) in [5.74, 6) is 1.45. The van der Waals surface area contributed by atoms with Gasteiger partial charge in [0.15, 0.2) is 11.5 Å². The number of benzene rings is 1. The number of nitrogens with one attached hydrogen (secondary N) is 1. The monoisotopic (exact) mass is 315 g/mol. The van der Waals surface area contributed by atoms with E-state index in [1.807, 2.05) is 12.1 Å². The lowest BCUT2D eigenvalue weighted by molar-refractivity contribution is 0.160. The molecule has 1 aliphatic carbocycles. The summed E-state index contributed by atoms with van der Waals surface area (Å²) in [4.78, 5) is 0. The first-order chi connectivity index (χ1) is 8.74. The maximum atomic E-state index is 8.77. The Labute approximate surface area is 115 Å². The number of hydrogen-bond acceptors (Lipinski definition) is 4. The maximum Gasteiger partial charge on any atom is 0.174 e. The molecule has 0 aromatic heterocycles. The third-order valence-electron chi connectivity index (χ3n) is 3.15. The van der Waals surface area contributed by atoms with E-state index in [9.17, 15) is 0 Å². The van der Waals surface area contributed by atoms with Crippen LogP contribution in [0.1, 0.15) is 31.2 Å². The van der Waals surface area contributed by atoms with E-state index in [4.69, 9.17) is 14.7 Å². The van der Waals surface area contributed by atoms with Crippen molar-refractivity contribution in [2.75, 3.05) is 7.11 Å². The molecule has 0 amide bonds. The Balaban J connectivity index is 2.23. The molecule has 4 nitrogen and oxygen atoms in total. The lowest BCUT2D eigenvalue weighted by atomic mass is 10.2. The van der Waals surface area contributed by atoms with Crippen LogP contribution in [0.5, 0.6) is 11.5 Å². The number of hydrogen-bond donors (Lipinski definition) is 2. The minimum Gasteiger partial charge on any atom is -0.492 e. The first-order valence-corrected chi connectivity index (χ1v) is 6.94. The Morgan fingerprint density at radius 1 is 1.39 bits per heavy atom. The summed E-state index contributed by atoms with van der Waals surface area (Å²) in [7, 11) is 1.63. The molecular weight excluding hydrogens is 298 g/mol. The van der Waals surface area contributed by atoms with E-state index in [1.54, 1.807) is 7.11 Å². The van der Waals surface area contributed by atoms with Crippen LogP contribution in [0, 0.1) is 0 Å². The molecule has 5 heteroatoms. The van der Waals surface area contributed by atoms with E-state index in [-0.39, 0.29) is 6.10 Å². The van der Waals surface area contributed by atoms with E-state index in [2.05, 4.69) is 21.4 Å². The molecule has 0 saturated heterocycles. The van der Waals surface area contributed by atoms with Gasteiger partial charge in [-0.1, -0.05) is 0 Å². The molecule has 1 fully saturated rings. The highest BCUT2D eigenvalue weighted by Crippen LogP contribution is 2.38. The fraction of sp³-hybridized carbons (Fsp3) is 0.538. The lowest BCUT2D eigenvalue weighted by Crippen LogP contribution is -2.13. The van der Waals surface area contributed by atoms with Gasteiger partial charge in [-0.15, -0.1) is 0 Å². The molecule has 0 aliphatic heterocycles. The minimum atomic E-state index is 0.281. The van der Waals surface area contributed by atoms with E-state index < -0.39 is 0 Å². The van der Waals surface area contributed by atoms with Crippen LogP contribution in [0.2, 0.25) is 0 Å². The summed E-state index contributed by atoms with van der Waals surface area (Å²) in [6.07, 6.45) is 4.94. The fourth-order valence-corrected chi connectivity index (χ4v) is 2.94. The second-order valence-electron chi connectivity index (χ2n) is 4.47. The molecule has 2 N–H and O–H groups in total. The van der Waals surface area contributed by atoms with Crippen LogP contribution < -0.4 is 15.0 Å². The van der Waals surface area contributed by atoms with Crippen LogP contribution in [0.15, 0.2) is 16.6 Å². The van der Waals surface area contributed by atoms with Gasteiger partial charge in [-0.2, -0.15) is 0 Å². The molecule has 100 valence electrons. The maximum absolute atomic E-state index is 8.77. The number of halogens is 1. The second kappa shape index (κ2) is 6.41. The predicted octanol–water partition coefficient (Wildman–Crippen LogP) is 3.26. The molecule has 1 aliphatic rings. The van der Waals surface area contributed by atoms with E-state index >= 15 is 0 Å². The predicted molar refractivity (Wildman–Crippen MR) is 72.2 cm³/mol. The van der Waals surface area contributed by atoms with Crippen molar-refractivity contribution >= 4 is 15.9 Å². The van der Waals surface area contributed by atoms with E-state index in [1.165, 1.54) is 12.8 Å². The van der Waals surface area contributed by atoms with Crippen molar-refractivity contribution in [3.63, 3.8) is 0 Å². The number of ether oxygens (including phenoxy) is 2. The van der Waals surface area contributed by atoms with Gasteiger partial charge in [-0.05, 0) is 59.3 Å². The summed E-state index contributed by atoms with van der Waals surface area (Å²) < 4.78 is 12.2. The normalized spacial score (nSPS) is 15.9. The van der Waals surface area contributed by atoms with Gasteiger partial charge in [-0.25, -0.2) is 5.48 Å². The van der Waals surface area contributed by atoms with Crippen LogP contribution in [-0.4, -0.2) is 18.4 Å². The Morgan fingerprint density at radius 2 is 2.11 bits per heavy atom. The summed E-state index contributed by atoms with van der Waals surface area (Å²) >= 11 is 3.46. The molecule has 0 spiro atoms. The van der Waals surface area contributed by atoms with Crippen molar-refractivity contribution in [2.24, 2.45) is 0 Å². The Morgan fingerprint density at radius 3 is 2.72 bits per heavy atom. The standard InChI is InChI=1S/C13H18BrNO3/c1-17-13-11(14)6-9(8-15-16)7-12(13)18-10-4-2-3-5-10/h6-7,10,15-16H,2-5,8H2,1H3. The minimum absolute atomic E-state index is 0.281. The van der Waals surface area contributed by atoms with Crippen molar-refractivity contribution in [1.29, 1.82) is 0 Å². The highest BCUT2D eigenvalue weighted by molar-refractivity contribution is 9.10. The van der Waals surface area contributed by atoms with Gasteiger partial charge in [0, 0.05) is 6.54 Å². The zero-order valence-corrected chi connectivity index (χ0v) is 12.0. The topological polar surface area (TPSA) is 50.7 Å². The molecule has 1 saturated carbocycles. The molecule has 0 heterocycles. The largest absolute Gasteiger partial charge is 0.492 e. The van der Waals surface area contributed by atoms with Gasteiger partial charge >= 0.3 is 0 Å². The highest BCUT2D eigenvalue weighted by Gasteiger charge is 2.20. The lowest BCUT2D eigenvalue weighted by Gasteiger charge is -2.18. The number of rotatable bonds is 5. The third-order valence-corrected chi connectivity index (χ3v) is 3.74. The first-order valence-electron chi connectivity index (χ1n) is 6.14. The van der Waals surface area contributed by atoms with Gasteiger partial charge < -0.3 is 14.7 Å². The fourth-order valence-electron chi connectivity index (χ4n) is 2.29. The zero-order chi connectivity index (χ0) is 13.0. The molecule has 0 bridgehead atoms. The molecule has 1 aromatic carbocycles. The highest BCUT2D eigenvalue weighted by atomic mass is 79.9. The Kier molecular flexibility index (Phi) is 4.86. The molecule has 0 atom stereocenters. The summed E-state index contributed by atoms with van der Waals surface area (Å²) in [6, 6.07) is 3.81. The SMILES string of the molecule is COc1c(Br)cc(CNO)cc1OC1CCCC1. The second-order valence-corrected chi connectivity index (χ2v) is 5.32. The van der Waals surface area contributed by atoms with Gasteiger partial charge in [0.2, 0.25) is 0 Å². The molecule has 0 unspecified atom stereocenters. The van der Waals surface area contributed by atoms with Gasteiger partial charge in [0.1, 0.15) is 0 Å². The van der Waals surface area contributed by atoms with Crippen molar-refractivity contribution in [3.8, 4) is 11.5 Å². The van der Waals surface area contributed by atoms with Crippen LogP contribution in [0.25, 0.3) is 0 Å². The average molecular weight is 316 g/mol. The molecule has 18 heavy (non-hydrogen) atoms. The zero-order valence-electron chi connectivity index (χ0n) is 10.4. The van der Waals surface area contributed by atoms with E-state index in [0.717, 1.165) is 28.6 Å². The quantitative estimate of drug-likeness (QED) is 0.819. The van der Waals surface area contributed by atoms with Gasteiger partial charge in [0.05, 0.1) is 17.7 Å². The van der Waals surface area contributed by atoms with Crippen LogP contribution >= 0.6 is 15.9 Å². The van der Waals surface area contributed by atoms with Crippen LogP contribution in [0.4, 0.5) is 0 Å². The average Bonchev–Trinajstić information content (AvgIpc) is 2.82. The molecule has 1 aromatic rings. The van der Waals surface area contributed by atoms with Gasteiger partial charge in [-0.3, -0.25) is 0 Å². The van der Waals surface area contributed by atoms with Crippen LogP contribution in [-0.2, 0) is 6.54 Å². The van der Waals surface area contributed by atoms with Crippen molar-refractivity contribution in [1.82, 2.24) is 5.48 Å². The van der Waals surface area contributed by atoms with Gasteiger partial charge in [0.25, 0.3) is 0 Å². The smallest absolute Gasteiger partial charge is 0.174 e. The van der Waals surface area contributed by atoms with Crippen molar-refractivity contribution < 1.29 is 14.7 Å². The molecule has 2 rings (SSSR count). The molecule has 0 radical (unpaired) electrons. The Bertz CT molecular complexity index is 405. The third kappa shape index (κ3) is 3.16. The number of hydroxylamine groups is 1. The number of methoxy groups -OCH3 is 1. The Hall–Kier alpha value is -0.780. The van der Waals surface area contributed by atoms with Crippen molar-refractivity contribution in [3.05, 3.63) is 22.2 Å². The summed E-state index contributed by atoms with van der Waals surface area (Å²) in [5, 5.41) is 8.77. The summed E-state index contributed by atoms with van der Waals surface area (Å²) in [5.41, 5.74) is 3.10. The first kappa shape index (κ1) is 13.6. The van der Waals surface area contributed by atoms with Crippen LogP contribution in [0.3, 0.4) is 0 Å². The molecular formula is C13H18BrNO3. The van der Waals surface area contributed by atoms with Crippen molar-refractivity contribution in [2.45, 2.75) is 38.3 Å². The van der Waals surface area contributed by atoms with E-state index in [0.29, 0.717) is 12.3 Å².